The predicted octanol–water partition coefficient (Wildman–Crippen LogP) is 1.51. The van der Waals surface area contributed by atoms with Crippen molar-refractivity contribution in [3.05, 3.63) is 0 Å². The fraction of sp³-hybridized carbons (Fsp3) is 1.00. The van der Waals surface area contributed by atoms with Gasteiger partial charge >= 0.3 is 66.3 Å². The van der Waals surface area contributed by atoms with Gasteiger partial charge in [-0.3, -0.25) is 0 Å². The molecule has 0 N–H and O–H groups in total. The van der Waals surface area contributed by atoms with E-state index in [2.05, 4.69) is 13.8 Å². The van der Waals surface area contributed by atoms with Gasteiger partial charge in [0.2, 0.25) is 0 Å². The summed E-state index contributed by atoms with van der Waals surface area (Å²) >= 11 is 0.949. The predicted molar refractivity (Wildman–Crippen MR) is 25.4 cm³/mol. The van der Waals surface area contributed by atoms with Gasteiger partial charge in [0.15, 0.2) is 0 Å². The average molecular weight is 176 g/mol. The molecule has 7 heavy (non-hydrogen) atoms. The van der Waals surface area contributed by atoms with Crippen LogP contribution in [0.1, 0.15) is 20.3 Å². The third-order valence-electron chi connectivity index (χ3n) is 0.813. The molecule has 0 aliphatic heterocycles. The van der Waals surface area contributed by atoms with Crippen LogP contribution in [0, 0.1) is 5.92 Å². The summed E-state index contributed by atoms with van der Waals surface area (Å²) in [5.74, 6) is 0.799. The molecule has 0 bridgehead atoms. The molecule has 0 aromatic heterocycles. The van der Waals surface area contributed by atoms with Gasteiger partial charge in [-0.2, -0.15) is 0 Å². The molecule has 0 spiro atoms. The van der Waals surface area contributed by atoms with Crippen molar-refractivity contribution in [2.45, 2.75) is 20.3 Å². The van der Waals surface area contributed by atoms with Crippen LogP contribution >= 0.6 is 0 Å². The van der Waals surface area contributed by atoms with E-state index >= 15 is 0 Å². The third-order valence-corrected chi connectivity index (χ3v) is 1.39. The van der Waals surface area contributed by atoms with Crippen molar-refractivity contribution in [1.29, 1.82) is 0 Å². The maximum atomic E-state index is 4.98. The van der Waals surface area contributed by atoms with Gasteiger partial charge in [0.25, 0.3) is 0 Å². The van der Waals surface area contributed by atoms with E-state index in [1.807, 2.05) is 0 Å². The SMILES string of the molecule is CC(C)CC[O][Y]. The minimum absolute atomic E-state index is 0.799. The molecular formula is C5H11OY. The van der Waals surface area contributed by atoms with E-state index in [1.54, 1.807) is 0 Å². The Morgan fingerprint density at radius 1 is 1.57 bits per heavy atom. The quantitative estimate of drug-likeness (QED) is 0.633. The van der Waals surface area contributed by atoms with Crippen molar-refractivity contribution >= 4 is 0 Å². The van der Waals surface area contributed by atoms with Crippen molar-refractivity contribution < 1.29 is 33.5 Å². The Bertz CT molecular complexity index is 37.1. The molecule has 0 aromatic rings. The summed E-state index contributed by atoms with van der Waals surface area (Å²) in [7, 11) is 0. The van der Waals surface area contributed by atoms with Crippen LogP contribution in [0.5, 0.6) is 0 Å². The van der Waals surface area contributed by atoms with Crippen LogP contribution in [0.15, 0.2) is 0 Å². The summed E-state index contributed by atoms with van der Waals surface area (Å²) in [5.41, 5.74) is 0. The molecule has 0 radical (unpaired) electrons. The Labute approximate surface area is 66.1 Å². The fourth-order valence-electron chi connectivity index (χ4n) is 0.304. The van der Waals surface area contributed by atoms with Gasteiger partial charge in [0.05, 0.1) is 0 Å². The maximum absolute atomic E-state index is 4.98. The number of hydrogen-bond donors (Lipinski definition) is 0. The molecule has 0 unspecified atom stereocenters. The molecule has 0 atom stereocenters. The van der Waals surface area contributed by atoms with Crippen LogP contribution in [0.4, 0.5) is 0 Å². The molecular weight excluding hydrogens is 165 g/mol. The molecule has 1 nitrogen and oxygen atoms in total. The minimum atomic E-state index is 0.799. The first-order valence-corrected chi connectivity index (χ1v) is 3.75. The van der Waals surface area contributed by atoms with E-state index in [1.165, 1.54) is 6.42 Å². The molecule has 0 aromatic carbocycles. The first-order valence-electron chi connectivity index (χ1n) is 2.59. The van der Waals surface area contributed by atoms with Crippen molar-refractivity contribution in [1.82, 2.24) is 0 Å². The fourth-order valence-corrected chi connectivity index (χ4v) is 0.638. The molecule has 0 heterocycles. The van der Waals surface area contributed by atoms with Crippen LogP contribution in [0.3, 0.4) is 0 Å². The van der Waals surface area contributed by atoms with Gasteiger partial charge in [0, 0.05) is 0 Å². The molecule has 0 saturated carbocycles. The Morgan fingerprint density at radius 3 is 2.29 bits per heavy atom. The Kier molecular flexibility index (Phi) is 6.00. The van der Waals surface area contributed by atoms with E-state index < -0.39 is 0 Å². The number of rotatable bonds is 3. The zero-order valence-corrected chi connectivity index (χ0v) is 7.82. The summed E-state index contributed by atoms with van der Waals surface area (Å²) in [6.45, 7) is 5.37. The summed E-state index contributed by atoms with van der Waals surface area (Å²) in [4.78, 5) is 0. The van der Waals surface area contributed by atoms with Crippen LogP contribution in [-0.4, -0.2) is 6.61 Å². The topological polar surface area (TPSA) is 9.23 Å². The number of hydrogen-bond acceptors (Lipinski definition) is 1. The molecule has 0 saturated heterocycles. The molecule has 0 aliphatic rings. The van der Waals surface area contributed by atoms with Crippen molar-refractivity contribution in [3.8, 4) is 0 Å². The summed E-state index contributed by atoms with van der Waals surface area (Å²) in [6, 6.07) is 0. The molecule has 40 valence electrons. The van der Waals surface area contributed by atoms with Crippen molar-refractivity contribution in [3.63, 3.8) is 0 Å². The Hall–Kier alpha value is 1.06. The van der Waals surface area contributed by atoms with Gasteiger partial charge in [0.1, 0.15) is 0 Å². The zero-order chi connectivity index (χ0) is 5.70. The van der Waals surface area contributed by atoms with Gasteiger partial charge in [-0.05, 0) is 0 Å². The van der Waals surface area contributed by atoms with Gasteiger partial charge in [-0.25, -0.2) is 0 Å². The van der Waals surface area contributed by atoms with Crippen LogP contribution in [0.2, 0.25) is 0 Å². The normalized spacial score (nSPS) is 10.0. The second kappa shape index (κ2) is 5.21. The second-order valence-electron chi connectivity index (χ2n) is 2.05. The first kappa shape index (κ1) is 8.06. The molecule has 0 aliphatic carbocycles. The summed E-state index contributed by atoms with van der Waals surface area (Å²) in [6.07, 6.45) is 1.21. The monoisotopic (exact) mass is 176 g/mol. The molecule has 2 heteroatoms. The Balaban J connectivity index is 2.68. The Morgan fingerprint density at radius 2 is 2.14 bits per heavy atom. The van der Waals surface area contributed by atoms with Gasteiger partial charge in [-0.15, -0.1) is 0 Å². The standard InChI is InChI=1S/C5H11O.Y/c1-5(2)3-4-6;/h5H,3-4H2,1-2H3;/q-1;+1. The molecule has 0 amide bonds. The average Bonchev–Trinajstić information content (AvgIpc) is 1.61. The van der Waals surface area contributed by atoms with E-state index in [0.29, 0.717) is 0 Å². The van der Waals surface area contributed by atoms with E-state index in [4.69, 9.17) is 2.05 Å². The summed E-state index contributed by atoms with van der Waals surface area (Å²) < 4.78 is 4.98. The second-order valence-corrected chi connectivity index (χ2v) is 2.87. The third kappa shape index (κ3) is 7.06. The van der Waals surface area contributed by atoms with Crippen LogP contribution in [-0.2, 0) is 33.5 Å². The van der Waals surface area contributed by atoms with Gasteiger partial charge < -0.3 is 0 Å². The van der Waals surface area contributed by atoms with Crippen LogP contribution in [0.25, 0.3) is 0 Å². The van der Waals surface area contributed by atoms with Crippen molar-refractivity contribution in [2.75, 3.05) is 6.61 Å². The van der Waals surface area contributed by atoms with Gasteiger partial charge in [-0.1, -0.05) is 0 Å². The van der Waals surface area contributed by atoms with E-state index in [0.717, 1.165) is 44.0 Å². The first-order chi connectivity index (χ1) is 3.27. The van der Waals surface area contributed by atoms with E-state index in [9.17, 15) is 0 Å². The summed E-state index contributed by atoms with van der Waals surface area (Å²) in [5, 5.41) is 0. The molecule has 0 rings (SSSR count). The van der Waals surface area contributed by atoms with Crippen molar-refractivity contribution in [2.24, 2.45) is 5.92 Å². The van der Waals surface area contributed by atoms with Crippen LogP contribution < -0.4 is 0 Å². The van der Waals surface area contributed by atoms with E-state index in [-0.39, 0.29) is 0 Å². The molecule has 0 fully saturated rings. The zero-order valence-electron chi connectivity index (χ0n) is 4.98.